The van der Waals surface area contributed by atoms with E-state index in [2.05, 4.69) is 17.6 Å². The predicted molar refractivity (Wildman–Crippen MR) is 205 cm³/mol. The van der Waals surface area contributed by atoms with Crippen LogP contribution in [-0.4, -0.2) is 67.5 Å². The van der Waals surface area contributed by atoms with Gasteiger partial charge in [-0.2, -0.15) is 11.8 Å². The number of allylic oxidation sites excluding steroid dienone is 1. The van der Waals surface area contributed by atoms with Gasteiger partial charge in [0.1, 0.15) is 18.1 Å². The second-order valence-corrected chi connectivity index (χ2v) is 15.3. The zero-order valence-electron chi connectivity index (χ0n) is 29.9. The molecule has 11 nitrogen and oxygen atoms in total. The number of pyridine rings is 1. The fourth-order valence-electron chi connectivity index (χ4n) is 8.25. The van der Waals surface area contributed by atoms with Gasteiger partial charge in [0.05, 0.1) is 28.4 Å². The van der Waals surface area contributed by atoms with Crippen LogP contribution in [0.15, 0.2) is 96.5 Å². The van der Waals surface area contributed by atoms with Crippen molar-refractivity contribution in [2.24, 2.45) is 22.9 Å². The number of aromatic hydroxyl groups is 1. The van der Waals surface area contributed by atoms with E-state index in [1.807, 2.05) is 24.3 Å². The van der Waals surface area contributed by atoms with E-state index >= 15 is 0 Å². The minimum atomic E-state index is -1.10. The minimum Gasteiger partial charge on any atom is -0.508 e. The minimum absolute atomic E-state index is 0.0117. The summed E-state index contributed by atoms with van der Waals surface area (Å²) in [5.41, 5.74) is 4.67. The standard InChI is InChI=1S/C41H49N3O8S/c1-2-22-50-41-38(53-23-17-28-15-18-42-19-16-28)26-36(43-51-27-29-9-11-31(12-10-29)44(48)49)34-24-30(7-3-5-20-45)33(8-4-6-21-46)39(40(34)41)35-25-32(47)13-14-37(35)52-41/h2,9-16,18-19,24-25,30,33,38-40,45-47H,1,3-8,17,20-23,26-27H2/t30-,33+,38-,39+,40+,41+/m0/s1. The molecular weight excluding hydrogens is 695 g/mol. The first kappa shape index (κ1) is 38.5. The van der Waals surface area contributed by atoms with Crippen LogP contribution in [0.5, 0.6) is 11.5 Å². The van der Waals surface area contributed by atoms with Gasteiger partial charge in [-0.3, -0.25) is 15.1 Å². The summed E-state index contributed by atoms with van der Waals surface area (Å²) in [6.45, 7) is 4.62. The van der Waals surface area contributed by atoms with Gasteiger partial charge in [0.15, 0.2) is 0 Å². The number of nitro groups is 1. The van der Waals surface area contributed by atoms with E-state index < -0.39 is 10.7 Å². The molecule has 53 heavy (non-hydrogen) atoms. The fourth-order valence-corrected chi connectivity index (χ4v) is 9.66. The summed E-state index contributed by atoms with van der Waals surface area (Å²) in [5.74, 6) is 0.372. The number of ether oxygens (including phenoxy) is 2. The third kappa shape index (κ3) is 8.78. The number of aliphatic hydroxyl groups excluding tert-OH is 2. The van der Waals surface area contributed by atoms with Crippen LogP contribution in [-0.2, 0) is 22.6 Å². The number of nitro benzene ring substituents is 1. The molecule has 3 aromatic rings. The Morgan fingerprint density at radius 2 is 1.79 bits per heavy atom. The number of phenolic OH excluding ortho intramolecular Hbond substituents is 1. The van der Waals surface area contributed by atoms with Gasteiger partial charge in [-0.15, -0.1) is 6.58 Å². The maximum atomic E-state index is 11.2. The predicted octanol–water partition coefficient (Wildman–Crippen LogP) is 7.51. The van der Waals surface area contributed by atoms with Crippen molar-refractivity contribution in [2.75, 3.05) is 25.6 Å². The number of aromatic nitrogens is 1. The van der Waals surface area contributed by atoms with Crippen molar-refractivity contribution < 1.29 is 34.6 Å². The smallest absolute Gasteiger partial charge is 0.269 e. The Balaban J connectivity index is 1.45. The highest BCUT2D eigenvalue weighted by Crippen LogP contribution is 2.62. The molecule has 2 aliphatic carbocycles. The lowest BCUT2D eigenvalue weighted by atomic mass is 9.56. The fraction of sp³-hybridized carbons (Fsp3) is 0.463. The first-order valence-electron chi connectivity index (χ1n) is 18.5. The van der Waals surface area contributed by atoms with Gasteiger partial charge in [-0.1, -0.05) is 30.1 Å². The van der Waals surface area contributed by atoms with Crippen molar-refractivity contribution >= 4 is 23.2 Å². The number of rotatable bonds is 19. The number of hydrogen-bond acceptors (Lipinski definition) is 11. The molecule has 3 aliphatic rings. The van der Waals surface area contributed by atoms with Gasteiger partial charge < -0.3 is 29.6 Å². The summed E-state index contributed by atoms with van der Waals surface area (Å²) >= 11 is 1.78. The summed E-state index contributed by atoms with van der Waals surface area (Å²) < 4.78 is 14.0. The van der Waals surface area contributed by atoms with E-state index in [0.29, 0.717) is 25.0 Å². The molecule has 1 aromatic heterocycles. The average molecular weight is 744 g/mol. The van der Waals surface area contributed by atoms with Gasteiger partial charge in [-0.05, 0) is 109 Å². The molecule has 282 valence electrons. The topological polar surface area (TPSA) is 157 Å². The third-order valence-electron chi connectivity index (χ3n) is 10.6. The van der Waals surface area contributed by atoms with Crippen LogP contribution >= 0.6 is 11.8 Å². The molecule has 0 spiro atoms. The van der Waals surface area contributed by atoms with Crippen LogP contribution in [0.25, 0.3) is 0 Å². The van der Waals surface area contributed by atoms with Crippen LogP contribution in [0.3, 0.4) is 0 Å². The van der Waals surface area contributed by atoms with E-state index in [-0.39, 0.29) is 66.8 Å². The van der Waals surface area contributed by atoms with Gasteiger partial charge in [-0.25, -0.2) is 0 Å². The van der Waals surface area contributed by atoms with E-state index in [1.165, 1.54) is 17.7 Å². The molecule has 0 radical (unpaired) electrons. The molecule has 3 N–H and O–H groups in total. The van der Waals surface area contributed by atoms with E-state index in [1.54, 1.807) is 48.4 Å². The maximum Gasteiger partial charge on any atom is 0.269 e. The van der Waals surface area contributed by atoms with Crippen molar-refractivity contribution in [3.8, 4) is 11.5 Å². The van der Waals surface area contributed by atoms with Crippen LogP contribution < -0.4 is 4.74 Å². The Labute approximate surface area is 314 Å². The number of benzene rings is 2. The second kappa shape index (κ2) is 18.2. The first-order chi connectivity index (χ1) is 25.9. The van der Waals surface area contributed by atoms with Gasteiger partial charge in [0.25, 0.3) is 5.69 Å². The lowest BCUT2D eigenvalue weighted by molar-refractivity contribution is -0.384. The molecule has 1 fully saturated rings. The quantitative estimate of drug-likeness (QED) is 0.0486. The zero-order valence-corrected chi connectivity index (χ0v) is 30.7. The number of aryl methyl sites for hydroxylation is 1. The van der Waals surface area contributed by atoms with Gasteiger partial charge in [0, 0.05) is 55.6 Å². The molecule has 1 saturated carbocycles. The Kier molecular flexibility index (Phi) is 13.2. The molecule has 2 heterocycles. The van der Waals surface area contributed by atoms with Crippen molar-refractivity contribution in [1.29, 1.82) is 0 Å². The summed E-state index contributed by atoms with van der Waals surface area (Å²) in [6.07, 6.45) is 13.8. The van der Waals surface area contributed by atoms with Gasteiger partial charge >= 0.3 is 0 Å². The lowest BCUT2D eigenvalue weighted by Gasteiger charge is -2.58. The molecule has 12 heteroatoms. The molecule has 6 rings (SSSR count). The molecule has 0 unspecified atom stereocenters. The third-order valence-corrected chi connectivity index (χ3v) is 12.0. The molecule has 0 saturated heterocycles. The van der Waals surface area contributed by atoms with Crippen molar-refractivity contribution in [3.05, 3.63) is 118 Å². The van der Waals surface area contributed by atoms with Gasteiger partial charge in [0.2, 0.25) is 5.79 Å². The number of aliphatic hydroxyl groups is 2. The summed E-state index contributed by atoms with van der Waals surface area (Å²) in [6, 6.07) is 15.6. The average Bonchev–Trinajstić information content (AvgIpc) is 3.17. The zero-order chi connectivity index (χ0) is 37.2. The second-order valence-electron chi connectivity index (χ2n) is 13.9. The molecule has 2 aromatic carbocycles. The van der Waals surface area contributed by atoms with Crippen LogP contribution in [0, 0.1) is 27.9 Å². The number of non-ortho nitro benzene ring substituents is 1. The number of phenols is 1. The SMILES string of the molecule is C=CCO[C@@]12Oc3ccc(O)cc3[C@H]3[C@H](CCCCO)[C@@H](CCCCO)C=C(C(=NOCc4ccc([N+](=O)[O-])cc4)C[C@@H]1SCCc1ccncc1)[C@H]32. The lowest BCUT2D eigenvalue weighted by Crippen LogP contribution is -2.64. The summed E-state index contributed by atoms with van der Waals surface area (Å²) in [5, 5.41) is 46.2. The molecule has 6 atom stereocenters. The first-order valence-corrected chi connectivity index (χ1v) is 19.6. The monoisotopic (exact) mass is 743 g/mol. The summed E-state index contributed by atoms with van der Waals surface area (Å²) in [7, 11) is 0. The Bertz CT molecular complexity index is 1750. The van der Waals surface area contributed by atoms with Crippen LogP contribution in [0.2, 0.25) is 0 Å². The number of hydrogen-bond donors (Lipinski definition) is 3. The number of fused-ring (bicyclic) bond motifs is 2. The number of nitrogens with zero attached hydrogens (tertiary/aromatic N) is 3. The highest BCUT2D eigenvalue weighted by molar-refractivity contribution is 8.00. The van der Waals surface area contributed by atoms with Crippen LogP contribution in [0.4, 0.5) is 5.69 Å². The molecular formula is C41H49N3O8S. The highest BCUT2D eigenvalue weighted by Gasteiger charge is 2.63. The number of thioether (sulfide) groups is 1. The van der Waals surface area contributed by atoms with E-state index in [4.69, 9.17) is 19.5 Å². The number of oxime groups is 1. The number of unbranched alkanes of at least 4 members (excludes halogenated alkanes) is 2. The largest absolute Gasteiger partial charge is 0.508 e. The Hall–Kier alpha value is -4.23. The van der Waals surface area contributed by atoms with Crippen molar-refractivity contribution in [3.63, 3.8) is 0 Å². The van der Waals surface area contributed by atoms with Crippen molar-refractivity contribution in [2.45, 2.75) is 74.9 Å². The normalized spacial score (nSPS) is 25.1. The van der Waals surface area contributed by atoms with E-state index in [0.717, 1.165) is 60.3 Å². The molecule has 0 amide bonds. The summed E-state index contributed by atoms with van der Waals surface area (Å²) in [4.78, 5) is 21.0. The Morgan fingerprint density at radius 1 is 1.04 bits per heavy atom. The highest BCUT2D eigenvalue weighted by atomic mass is 32.2. The maximum absolute atomic E-state index is 11.2. The van der Waals surface area contributed by atoms with Crippen LogP contribution in [0.1, 0.15) is 67.6 Å². The van der Waals surface area contributed by atoms with E-state index in [9.17, 15) is 25.4 Å². The van der Waals surface area contributed by atoms with Crippen molar-refractivity contribution in [1.82, 2.24) is 4.98 Å². The molecule has 0 bridgehead atoms. The Morgan fingerprint density at radius 3 is 2.51 bits per heavy atom. The molecule has 1 aliphatic heterocycles.